The lowest BCUT2D eigenvalue weighted by Gasteiger charge is -2.00. The predicted octanol–water partition coefficient (Wildman–Crippen LogP) is 2.79. The lowest BCUT2D eigenvalue weighted by atomic mass is 10.1. The minimum absolute atomic E-state index is 0.117. The fourth-order valence-electron chi connectivity index (χ4n) is 0.807. The van der Waals surface area contributed by atoms with E-state index < -0.39 is 10.1 Å². The van der Waals surface area contributed by atoms with E-state index in [1.807, 2.05) is 0 Å². The molecule has 1 aromatic rings. The molecule has 4 heteroatoms. The van der Waals surface area contributed by atoms with E-state index in [-0.39, 0.29) is 5.56 Å². The first-order valence-corrected chi connectivity index (χ1v) is 4.47. The maximum absolute atomic E-state index is 12.7. The van der Waals surface area contributed by atoms with Crippen molar-refractivity contribution in [3.63, 3.8) is 0 Å². The number of hydrogen-bond donors (Lipinski definition) is 1. The van der Waals surface area contributed by atoms with Gasteiger partial charge < -0.3 is 5.11 Å². The van der Waals surface area contributed by atoms with E-state index >= 15 is 0 Å². The topological polar surface area (TPSA) is 37.3 Å². The van der Waals surface area contributed by atoms with Gasteiger partial charge in [-0.05, 0) is 40.3 Å². The zero-order chi connectivity index (χ0) is 9.14. The van der Waals surface area contributed by atoms with E-state index in [2.05, 4.69) is 0 Å². The third kappa shape index (κ3) is 2.17. The molecule has 0 aromatic heterocycles. The Kier molecular flexibility index (Phi) is 3.02. The van der Waals surface area contributed by atoms with Gasteiger partial charge in [0, 0.05) is 0 Å². The Hall–Kier alpha value is -0.650. The largest absolute Gasteiger partial charge is 0.478 e. The van der Waals surface area contributed by atoms with Crippen molar-refractivity contribution in [1.29, 1.82) is 0 Å². The first-order valence-electron chi connectivity index (χ1n) is 3.22. The lowest BCUT2D eigenvalue weighted by molar-refractivity contribution is 0.0697. The minimum atomic E-state index is -1.15. The van der Waals surface area contributed by atoms with Gasteiger partial charge in [-0.1, -0.05) is 12.1 Å². The highest BCUT2D eigenvalue weighted by Gasteiger charge is 2.07. The molecule has 12 heavy (non-hydrogen) atoms. The third-order valence-corrected chi connectivity index (χ3v) is 2.10. The van der Waals surface area contributed by atoms with Crippen molar-refractivity contribution < 1.29 is 14.3 Å². The first-order chi connectivity index (χ1) is 5.61. The van der Waals surface area contributed by atoms with E-state index in [1.54, 1.807) is 28.7 Å². The number of rotatable bonds is 2. The summed E-state index contributed by atoms with van der Waals surface area (Å²) in [4.78, 5) is 10.5. The van der Waals surface area contributed by atoms with E-state index in [0.717, 1.165) is 0 Å². The Morgan fingerprint density at radius 2 is 2.25 bits per heavy atom. The fraction of sp³-hybridized carbons (Fsp3) is 0.125. The van der Waals surface area contributed by atoms with Gasteiger partial charge in [0.15, 0.2) is 4.18 Å². The summed E-state index contributed by atoms with van der Waals surface area (Å²) in [5, 5.41) is 8.57. The Labute approximate surface area is 82.5 Å². The van der Waals surface area contributed by atoms with Crippen LogP contribution in [-0.2, 0) is 0 Å². The van der Waals surface area contributed by atoms with Gasteiger partial charge in [-0.15, -0.1) is 0 Å². The van der Waals surface area contributed by atoms with Crippen LogP contribution in [0.3, 0.4) is 0 Å². The van der Waals surface area contributed by atoms with Crippen LogP contribution in [-0.4, -0.2) is 11.1 Å². The monoisotopic (exact) mass is 280 g/mol. The number of hydrogen-bond acceptors (Lipinski definition) is 1. The van der Waals surface area contributed by atoms with Crippen molar-refractivity contribution in [3.8, 4) is 0 Å². The molecule has 64 valence electrons. The number of carboxylic acids is 1. The van der Waals surface area contributed by atoms with Crippen molar-refractivity contribution in [2.24, 2.45) is 0 Å². The Bertz CT molecular complexity index is 299. The Morgan fingerprint density at radius 3 is 2.75 bits per heavy atom. The van der Waals surface area contributed by atoms with Crippen molar-refractivity contribution in [2.45, 2.75) is 4.18 Å². The van der Waals surface area contributed by atoms with Crippen LogP contribution < -0.4 is 0 Å². The molecule has 0 spiro atoms. The molecule has 0 saturated heterocycles. The average Bonchev–Trinajstić information content (AvgIpc) is 2.04. The number of alkyl halides is 2. The van der Waals surface area contributed by atoms with Crippen LogP contribution in [0.2, 0.25) is 0 Å². The summed E-state index contributed by atoms with van der Waals surface area (Å²) in [6, 6.07) is 5.86. The number of aromatic carboxylic acids is 1. The highest BCUT2D eigenvalue weighted by Crippen LogP contribution is 2.24. The quantitative estimate of drug-likeness (QED) is 0.668. The fourth-order valence-corrected chi connectivity index (χ4v) is 1.19. The summed E-state index contributed by atoms with van der Waals surface area (Å²) in [6.45, 7) is 0. The summed E-state index contributed by atoms with van der Waals surface area (Å²) in [5.74, 6) is -1.03. The normalized spacial score (nSPS) is 12.5. The smallest absolute Gasteiger partial charge is 0.335 e. The van der Waals surface area contributed by atoms with Gasteiger partial charge in [0.05, 0.1) is 5.56 Å². The lowest BCUT2D eigenvalue weighted by Crippen LogP contribution is -1.96. The zero-order valence-electron chi connectivity index (χ0n) is 6.00. The summed E-state index contributed by atoms with van der Waals surface area (Å²) < 4.78 is 11.5. The second kappa shape index (κ2) is 3.84. The van der Waals surface area contributed by atoms with Crippen molar-refractivity contribution >= 4 is 28.6 Å². The molecule has 0 radical (unpaired) electrons. The van der Waals surface area contributed by atoms with Gasteiger partial charge in [0.25, 0.3) is 0 Å². The molecule has 0 aliphatic carbocycles. The average molecular weight is 280 g/mol. The number of carboxylic acid groups (broad SMARTS) is 1. The predicted molar refractivity (Wildman–Crippen MR) is 51.3 cm³/mol. The summed E-state index contributed by atoms with van der Waals surface area (Å²) >= 11 is 1.59. The molecule has 2 nitrogen and oxygen atoms in total. The minimum Gasteiger partial charge on any atom is -0.478 e. The maximum Gasteiger partial charge on any atom is 0.335 e. The van der Waals surface area contributed by atoms with Gasteiger partial charge in [-0.3, -0.25) is 0 Å². The van der Waals surface area contributed by atoms with Crippen LogP contribution >= 0.6 is 22.6 Å². The van der Waals surface area contributed by atoms with Crippen molar-refractivity contribution in [2.75, 3.05) is 0 Å². The maximum atomic E-state index is 12.7. The van der Waals surface area contributed by atoms with Gasteiger partial charge in [0.1, 0.15) is 0 Å². The molecule has 0 fully saturated rings. The standard InChI is InChI=1S/C8H6FIO2/c9-7(10)5-2-1-3-6(4-5)8(11)12/h1-4,7H,(H,11,12). The molecule has 1 N–H and O–H groups in total. The zero-order valence-corrected chi connectivity index (χ0v) is 8.16. The molecule has 0 aliphatic rings. The van der Waals surface area contributed by atoms with Crippen LogP contribution in [0.5, 0.6) is 0 Å². The molecule has 0 amide bonds. The van der Waals surface area contributed by atoms with Crippen LogP contribution in [0.1, 0.15) is 20.1 Å². The molecule has 1 rings (SSSR count). The van der Waals surface area contributed by atoms with E-state index in [1.165, 1.54) is 18.2 Å². The molecule has 1 atom stereocenters. The Balaban J connectivity index is 3.04. The third-order valence-electron chi connectivity index (χ3n) is 1.39. The number of benzene rings is 1. The molecule has 0 bridgehead atoms. The van der Waals surface area contributed by atoms with Gasteiger partial charge in [-0.2, -0.15) is 0 Å². The van der Waals surface area contributed by atoms with Gasteiger partial charge >= 0.3 is 5.97 Å². The molecular weight excluding hydrogens is 274 g/mol. The SMILES string of the molecule is O=C(O)c1cccc(C(F)I)c1. The second-order valence-corrected chi connectivity index (χ2v) is 3.32. The molecule has 1 aromatic carbocycles. The van der Waals surface area contributed by atoms with E-state index in [0.29, 0.717) is 5.56 Å². The molecule has 0 aliphatic heterocycles. The van der Waals surface area contributed by atoms with Crippen LogP contribution in [0, 0.1) is 0 Å². The molecule has 0 saturated carbocycles. The molecular formula is C8H6FIO2. The summed E-state index contributed by atoms with van der Waals surface area (Å²) in [7, 11) is 0. The molecule has 1 unspecified atom stereocenters. The van der Waals surface area contributed by atoms with E-state index in [4.69, 9.17) is 5.11 Å². The second-order valence-electron chi connectivity index (χ2n) is 2.23. The highest BCUT2D eigenvalue weighted by molar-refractivity contribution is 14.1. The first kappa shape index (κ1) is 9.44. The van der Waals surface area contributed by atoms with Crippen LogP contribution in [0.15, 0.2) is 24.3 Å². The van der Waals surface area contributed by atoms with Crippen molar-refractivity contribution in [3.05, 3.63) is 35.4 Å². The van der Waals surface area contributed by atoms with E-state index in [9.17, 15) is 9.18 Å². The number of carbonyl (C=O) groups is 1. The van der Waals surface area contributed by atoms with Gasteiger partial charge in [-0.25, -0.2) is 9.18 Å². The van der Waals surface area contributed by atoms with Gasteiger partial charge in [0.2, 0.25) is 0 Å². The summed E-state index contributed by atoms with van der Waals surface area (Å²) in [5.41, 5.74) is 0.502. The van der Waals surface area contributed by atoms with Crippen LogP contribution in [0.25, 0.3) is 0 Å². The van der Waals surface area contributed by atoms with Crippen molar-refractivity contribution in [1.82, 2.24) is 0 Å². The highest BCUT2D eigenvalue weighted by atomic mass is 127. The number of halogens is 2. The molecule has 0 heterocycles. The Morgan fingerprint density at radius 1 is 1.58 bits per heavy atom. The summed E-state index contributed by atoms with van der Waals surface area (Å²) in [6.07, 6.45) is 0. The van der Waals surface area contributed by atoms with Crippen LogP contribution in [0.4, 0.5) is 4.39 Å².